The summed E-state index contributed by atoms with van der Waals surface area (Å²) in [5.41, 5.74) is -0.581. The van der Waals surface area contributed by atoms with Crippen molar-refractivity contribution < 1.29 is 9.53 Å². The average molecular weight is 267 g/mol. The summed E-state index contributed by atoms with van der Waals surface area (Å²) in [5.74, 6) is 6.20. The van der Waals surface area contributed by atoms with Gasteiger partial charge in [0.05, 0.1) is 6.54 Å². The second-order valence-corrected chi connectivity index (χ2v) is 4.85. The van der Waals surface area contributed by atoms with Crippen LogP contribution in [-0.2, 0) is 9.53 Å². The Kier molecular flexibility index (Phi) is 9.34. The summed E-state index contributed by atoms with van der Waals surface area (Å²) in [6.45, 7) is 12.6. The van der Waals surface area contributed by atoms with Gasteiger partial charge < -0.3 is 4.74 Å². The number of rotatable bonds is 8. The largest absolute Gasteiger partial charge is 0.446 e. The highest BCUT2D eigenvalue weighted by Crippen LogP contribution is 2.24. The van der Waals surface area contributed by atoms with Crippen LogP contribution in [0.1, 0.15) is 60.3 Å². The Labute approximate surface area is 118 Å². The molecule has 0 aliphatic carbocycles. The van der Waals surface area contributed by atoms with E-state index in [1.807, 2.05) is 0 Å². The molecule has 3 nitrogen and oxygen atoms in total. The predicted molar refractivity (Wildman–Crippen MR) is 79.9 cm³/mol. The molecule has 0 aliphatic heterocycles. The first kappa shape index (κ1) is 18.0. The maximum absolute atomic E-state index is 11.3. The zero-order valence-electron chi connectivity index (χ0n) is 13.2. The fourth-order valence-corrected chi connectivity index (χ4v) is 2.22. The maximum Gasteiger partial charge on any atom is 0.304 e. The van der Waals surface area contributed by atoms with Gasteiger partial charge in [0.1, 0.15) is 0 Å². The van der Waals surface area contributed by atoms with Gasteiger partial charge in [-0.25, -0.2) is 0 Å². The van der Waals surface area contributed by atoms with Gasteiger partial charge in [-0.05, 0) is 25.9 Å². The quantitative estimate of drug-likeness (QED) is 0.499. The van der Waals surface area contributed by atoms with Crippen molar-refractivity contribution in [2.75, 3.05) is 19.6 Å². The maximum atomic E-state index is 11.3. The molecule has 110 valence electrons. The number of esters is 1. The van der Waals surface area contributed by atoms with Gasteiger partial charge in [-0.2, -0.15) is 0 Å². The minimum atomic E-state index is -0.581. The SMILES string of the molecule is CCCC(C#CCN(CC)CC)(CCC)OC(C)=O. The molecule has 0 rings (SSSR count). The summed E-state index contributed by atoms with van der Waals surface area (Å²) in [6, 6.07) is 0. The molecule has 0 aromatic carbocycles. The molecule has 0 spiro atoms. The van der Waals surface area contributed by atoms with Crippen molar-refractivity contribution in [2.24, 2.45) is 0 Å². The van der Waals surface area contributed by atoms with Crippen LogP contribution in [0.2, 0.25) is 0 Å². The van der Waals surface area contributed by atoms with Crippen molar-refractivity contribution >= 4 is 5.97 Å². The summed E-state index contributed by atoms with van der Waals surface area (Å²) in [7, 11) is 0. The lowest BCUT2D eigenvalue weighted by atomic mass is 9.93. The van der Waals surface area contributed by atoms with E-state index in [2.05, 4.69) is 44.4 Å². The lowest BCUT2D eigenvalue weighted by molar-refractivity contribution is -0.152. The number of nitrogens with zero attached hydrogens (tertiary/aromatic N) is 1. The second kappa shape index (κ2) is 9.86. The Hall–Kier alpha value is -1.01. The molecule has 0 saturated heterocycles. The van der Waals surface area contributed by atoms with Crippen molar-refractivity contribution in [1.82, 2.24) is 4.90 Å². The minimum Gasteiger partial charge on any atom is -0.446 e. The third-order valence-corrected chi connectivity index (χ3v) is 3.16. The smallest absolute Gasteiger partial charge is 0.304 e. The van der Waals surface area contributed by atoms with E-state index in [0.29, 0.717) is 0 Å². The molecule has 0 aromatic rings. The Bertz CT molecular complexity index is 304. The third kappa shape index (κ3) is 7.22. The van der Waals surface area contributed by atoms with E-state index in [1.165, 1.54) is 6.92 Å². The number of ether oxygens (including phenoxy) is 1. The van der Waals surface area contributed by atoms with Crippen LogP contribution in [0.5, 0.6) is 0 Å². The Morgan fingerprint density at radius 3 is 2.00 bits per heavy atom. The minimum absolute atomic E-state index is 0.237. The highest BCUT2D eigenvalue weighted by Gasteiger charge is 2.29. The number of carbonyl (C=O) groups is 1. The van der Waals surface area contributed by atoms with Gasteiger partial charge >= 0.3 is 5.97 Å². The van der Waals surface area contributed by atoms with Crippen LogP contribution >= 0.6 is 0 Å². The first-order valence-electron chi connectivity index (χ1n) is 7.45. The highest BCUT2D eigenvalue weighted by atomic mass is 16.6. The van der Waals surface area contributed by atoms with E-state index >= 15 is 0 Å². The van der Waals surface area contributed by atoms with Crippen LogP contribution in [0.3, 0.4) is 0 Å². The summed E-state index contributed by atoms with van der Waals surface area (Å²) in [6.07, 6.45) is 3.55. The Morgan fingerprint density at radius 1 is 1.11 bits per heavy atom. The average Bonchev–Trinajstić information content (AvgIpc) is 2.34. The van der Waals surface area contributed by atoms with Crippen molar-refractivity contribution in [1.29, 1.82) is 0 Å². The fraction of sp³-hybridized carbons (Fsp3) is 0.812. The molecule has 0 unspecified atom stereocenters. The highest BCUT2D eigenvalue weighted by molar-refractivity contribution is 5.67. The van der Waals surface area contributed by atoms with Crippen LogP contribution in [0.25, 0.3) is 0 Å². The molecule has 0 radical (unpaired) electrons. The molecule has 19 heavy (non-hydrogen) atoms. The summed E-state index contributed by atoms with van der Waals surface area (Å²) >= 11 is 0. The summed E-state index contributed by atoms with van der Waals surface area (Å²) in [4.78, 5) is 13.6. The Morgan fingerprint density at radius 2 is 1.63 bits per heavy atom. The van der Waals surface area contributed by atoms with Crippen molar-refractivity contribution in [3.63, 3.8) is 0 Å². The van der Waals surface area contributed by atoms with Gasteiger partial charge in [-0.1, -0.05) is 52.4 Å². The molecule has 0 saturated carbocycles. The first-order valence-corrected chi connectivity index (χ1v) is 7.45. The molecule has 0 atom stereocenters. The normalized spacial score (nSPS) is 11.1. The van der Waals surface area contributed by atoms with E-state index in [0.717, 1.165) is 45.3 Å². The molecule has 3 heteroatoms. The number of carbonyl (C=O) groups excluding carboxylic acids is 1. The van der Waals surface area contributed by atoms with Crippen LogP contribution in [-0.4, -0.2) is 36.1 Å². The van der Waals surface area contributed by atoms with E-state index in [4.69, 9.17) is 4.74 Å². The second-order valence-electron chi connectivity index (χ2n) is 4.85. The van der Waals surface area contributed by atoms with Gasteiger partial charge in [-0.3, -0.25) is 9.69 Å². The summed E-state index contributed by atoms with van der Waals surface area (Å²) < 4.78 is 5.54. The molecular formula is C16H29NO2. The lowest BCUT2D eigenvalue weighted by Crippen LogP contribution is -2.33. The lowest BCUT2D eigenvalue weighted by Gasteiger charge is -2.27. The number of hydrogen-bond donors (Lipinski definition) is 0. The monoisotopic (exact) mass is 267 g/mol. The van der Waals surface area contributed by atoms with Crippen molar-refractivity contribution in [3.8, 4) is 11.8 Å². The Balaban J connectivity index is 4.89. The molecule has 0 heterocycles. The van der Waals surface area contributed by atoms with Crippen LogP contribution in [0.4, 0.5) is 0 Å². The van der Waals surface area contributed by atoms with Crippen LogP contribution in [0, 0.1) is 11.8 Å². The zero-order chi connectivity index (χ0) is 14.7. The predicted octanol–water partition coefficient (Wildman–Crippen LogP) is 3.23. The molecule has 0 N–H and O–H groups in total. The molecule has 0 aromatic heterocycles. The van der Waals surface area contributed by atoms with E-state index in [1.54, 1.807) is 0 Å². The van der Waals surface area contributed by atoms with Crippen LogP contribution < -0.4 is 0 Å². The molecule has 0 amide bonds. The fourth-order valence-electron chi connectivity index (χ4n) is 2.22. The van der Waals surface area contributed by atoms with Gasteiger partial charge in [0.15, 0.2) is 5.60 Å². The van der Waals surface area contributed by atoms with E-state index in [-0.39, 0.29) is 5.97 Å². The van der Waals surface area contributed by atoms with Crippen LogP contribution in [0.15, 0.2) is 0 Å². The van der Waals surface area contributed by atoms with Gasteiger partial charge in [0.25, 0.3) is 0 Å². The van der Waals surface area contributed by atoms with E-state index in [9.17, 15) is 4.79 Å². The van der Waals surface area contributed by atoms with Gasteiger partial charge in [0.2, 0.25) is 0 Å². The van der Waals surface area contributed by atoms with Gasteiger partial charge in [-0.15, -0.1) is 0 Å². The molecule has 0 aliphatic rings. The van der Waals surface area contributed by atoms with Crippen molar-refractivity contribution in [2.45, 2.75) is 65.9 Å². The van der Waals surface area contributed by atoms with E-state index < -0.39 is 5.60 Å². The molecule has 0 fully saturated rings. The van der Waals surface area contributed by atoms with Crippen molar-refractivity contribution in [3.05, 3.63) is 0 Å². The standard InChI is InChI=1S/C16H29NO2/c1-6-11-16(12-7-2,19-15(5)18)13-10-14-17(8-3)9-4/h6-9,11-12,14H2,1-5H3. The van der Waals surface area contributed by atoms with Gasteiger partial charge in [0, 0.05) is 6.92 Å². The zero-order valence-corrected chi connectivity index (χ0v) is 13.2. The summed E-state index contributed by atoms with van der Waals surface area (Å²) in [5, 5.41) is 0. The molecular weight excluding hydrogens is 238 g/mol. The third-order valence-electron chi connectivity index (χ3n) is 3.16. The first-order chi connectivity index (χ1) is 9.03. The molecule has 0 bridgehead atoms. The number of hydrogen-bond acceptors (Lipinski definition) is 3. The topological polar surface area (TPSA) is 29.5 Å².